The van der Waals surface area contributed by atoms with Crippen molar-refractivity contribution in [3.05, 3.63) is 65.2 Å². The Hall–Kier alpha value is -2.08. The van der Waals surface area contributed by atoms with Crippen LogP contribution in [0.25, 0.3) is 11.1 Å². The fourth-order valence-corrected chi connectivity index (χ4v) is 4.17. The SMILES string of the molecule is Fc1cc(-c2ccc(CC[C@H]3CC[C@H](/C=C/Cl)CC3)cc2F)ccc1OC(F)(F)F. The van der Waals surface area contributed by atoms with Gasteiger partial charge in [-0.2, -0.15) is 0 Å². The second-order valence-electron chi connectivity index (χ2n) is 7.65. The second kappa shape index (κ2) is 9.82. The van der Waals surface area contributed by atoms with Crippen LogP contribution in [0.5, 0.6) is 5.75 Å². The van der Waals surface area contributed by atoms with E-state index in [2.05, 4.69) is 4.74 Å². The number of aryl methyl sites for hydroxylation is 1. The zero-order valence-electron chi connectivity index (χ0n) is 16.2. The fraction of sp³-hybridized carbons (Fsp3) is 0.391. The molecule has 0 atom stereocenters. The quantitative estimate of drug-likeness (QED) is 0.410. The van der Waals surface area contributed by atoms with Crippen LogP contribution >= 0.6 is 11.6 Å². The standard InChI is InChI=1S/C23H22ClF5O/c24-12-11-16-3-1-15(2-4-16)5-6-17-7-9-19(20(25)13-17)18-8-10-22(21(26)14-18)30-23(27,28)29/h7-16H,1-6H2/b12-11+/t15-,16-. The minimum absolute atomic E-state index is 0.129. The number of benzene rings is 2. The third-order valence-corrected chi connectivity index (χ3v) is 5.73. The summed E-state index contributed by atoms with van der Waals surface area (Å²) in [5.41, 5.74) is 2.70. The van der Waals surface area contributed by atoms with Crippen molar-refractivity contribution in [3.8, 4) is 16.9 Å². The number of ether oxygens (including phenoxy) is 1. The Balaban J connectivity index is 1.62. The minimum atomic E-state index is -4.99. The molecule has 2 aromatic carbocycles. The Morgan fingerprint density at radius 1 is 0.967 bits per heavy atom. The molecule has 1 aliphatic rings. The molecular weight excluding hydrogens is 423 g/mol. The van der Waals surface area contributed by atoms with Crippen molar-refractivity contribution in [1.29, 1.82) is 0 Å². The van der Waals surface area contributed by atoms with Gasteiger partial charge < -0.3 is 4.74 Å². The molecule has 162 valence electrons. The van der Waals surface area contributed by atoms with Crippen molar-refractivity contribution < 1.29 is 26.7 Å². The Labute approximate surface area is 177 Å². The normalized spacial score (nSPS) is 19.9. The molecule has 30 heavy (non-hydrogen) atoms. The first-order valence-electron chi connectivity index (χ1n) is 9.86. The van der Waals surface area contributed by atoms with E-state index in [0.717, 1.165) is 56.2 Å². The van der Waals surface area contributed by atoms with Gasteiger partial charge in [0, 0.05) is 11.1 Å². The summed E-state index contributed by atoms with van der Waals surface area (Å²) in [5.74, 6) is -1.54. The largest absolute Gasteiger partial charge is 0.573 e. The van der Waals surface area contributed by atoms with Gasteiger partial charge in [0.1, 0.15) is 5.82 Å². The molecular formula is C23H22ClF5O. The second-order valence-corrected chi connectivity index (χ2v) is 7.90. The van der Waals surface area contributed by atoms with Gasteiger partial charge in [-0.1, -0.05) is 35.9 Å². The maximum Gasteiger partial charge on any atom is 0.573 e. The highest BCUT2D eigenvalue weighted by Crippen LogP contribution is 2.34. The monoisotopic (exact) mass is 444 g/mol. The molecule has 3 rings (SSSR count). The van der Waals surface area contributed by atoms with Crippen molar-refractivity contribution in [3.63, 3.8) is 0 Å². The van der Waals surface area contributed by atoms with E-state index in [1.165, 1.54) is 18.2 Å². The molecule has 1 nitrogen and oxygen atoms in total. The number of alkyl halides is 3. The van der Waals surface area contributed by atoms with Gasteiger partial charge in [-0.05, 0) is 79.7 Å². The number of allylic oxidation sites excluding steroid dienone is 1. The Kier molecular flexibility index (Phi) is 7.40. The Morgan fingerprint density at radius 2 is 1.70 bits per heavy atom. The predicted octanol–water partition coefficient (Wildman–Crippen LogP) is 8.02. The van der Waals surface area contributed by atoms with Crippen LogP contribution in [0, 0.1) is 23.5 Å². The van der Waals surface area contributed by atoms with E-state index in [4.69, 9.17) is 11.6 Å². The average molecular weight is 445 g/mol. The molecule has 1 fully saturated rings. The van der Waals surface area contributed by atoms with E-state index in [1.54, 1.807) is 11.6 Å². The van der Waals surface area contributed by atoms with Gasteiger partial charge in [0.15, 0.2) is 11.6 Å². The summed E-state index contributed by atoms with van der Waals surface area (Å²) in [4.78, 5) is 0. The van der Waals surface area contributed by atoms with Gasteiger partial charge in [0.25, 0.3) is 0 Å². The van der Waals surface area contributed by atoms with Gasteiger partial charge in [0.2, 0.25) is 0 Å². The van der Waals surface area contributed by atoms with Crippen LogP contribution in [0.3, 0.4) is 0 Å². The van der Waals surface area contributed by atoms with Crippen LogP contribution in [-0.2, 0) is 6.42 Å². The van der Waals surface area contributed by atoms with Crippen molar-refractivity contribution in [2.45, 2.75) is 44.9 Å². The lowest BCUT2D eigenvalue weighted by Gasteiger charge is -2.26. The van der Waals surface area contributed by atoms with Gasteiger partial charge in [-0.25, -0.2) is 8.78 Å². The van der Waals surface area contributed by atoms with Crippen molar-refractivity contribution in [2.24, 2.45) is 11.8 Å². The lowest BCUT2D eigenvalue weighted by molar-refractivity contribution is -0.275. The molecule has 7 heteroatoms. The van der Waals surface area contributed by atoms with Gasteiger partial charge in [0.05, 0.1) is 0 Å². The predicted molar refractivity (Wildman–Crippen MR) is 107 cm³/mol. The molecule has 0 spiro atoms. The van der Waals surface area contributed by atoms with E-state index in [0.29, 0.717) is 11.8 Å². The summed E-state index contributed by atoms with van der Waals surface area (Å²) in [6.45, 7) is 0. The van der Waals surface area contributed by atoms with Crippen LogP contribution in [0.4, 0.5) is 22.0 Å². The van der Waals surface area contributed by atoms with E-state index in [9.17, 15) is 22.0 Å². The molecule has 0 N–H and O–H groups in total. The topological polar surface area (TPSA) is 9.23 Å². The maximum atomic E-state index is 14.6. The maximum absolute atomic E-state index is 14.6. The summed E-state index contributed by atoms with van der Waals surface area (Å²) in [7, 11) is 0. The Morgan fingerprint density at radius 3 is 2.30 bits per heavy atom. The Bertz CT molecular complexity index is 886. The van der Waals surface area contributed by atoms with Crippen LogP contribution in [0.1, 0.15) is 37.7 Å². The average Bonchev–Trinajstić information content (AvgIpc) is 2.68. The number of rotatable bonds is 6. The highest BCUT2D eigenvalue weighted by molar-refractivity contribution is 6.25. The summed E-state index contributed by atoms with van der Waals surface area (Å²) in [5, 5.41) is 0. The first kappa shape index (κ1) is 22.6. The highest BCUT2D eigenvalue weighted by Gasteiger charge is 2.32. The molecule has 0 heterocycles. The summed E-state index contributed by atoms with van der Waals surface area (Å²) < 4.78 is 68.9. The first-order chi connectivity index (χ1) is 14.2. The molecule has 1 aliphatic carbocycles. The molecule has 1 saturated carbocycles. The molecule has 0 bridgehead atoms. The van der Waals surface area contributed by atoms with E-state index in [-0.39, 0.29) is 11.1 Å². The molecule has 0 radical (unpaired) electrons. The molecule has 0 aromatic heterocycles. The van der Waals surface area contributed by atoms with E-state index < -0.39 is 23.7 Å². The van der Waals surface area contributed by atoms with Crippen LogP contribution in [0.15, 0.2) is 48.0 Å². The number of hydrogen-bond acceptors (Lipinski definition) is 1. The van der Waals surface area contributed by atoms with Gasteiger partial charge >= 0.3 is 6.36 Å². The lowest BCUT2D eigenvalue weighted by atomic mass is 9.79. The van der Waals surface area contributed by atoms with Crippen molar-refractivity contribution in [2.75, 3.05) is 0 Å². The third kappa shape index (κ3) is 6.21. The zero-order valence-corrected chi connectivity index (χ0v) is 16.9. The van der Waals surface area contributed by atoms with E-state index in [1.807, 2.05) is 6.08 Å². The van der Waals surface area contributed by atoms with Crippen molar-refractivity contribution >= 4 is 11.6 Å². The fourth-order valence-electron chi connectivity index (χ4n) is 3.97. The molecule has 0 unspecified atom stereocenters. The minimum Gasteiger partial charge on any atom is -0.403 e. The molecule has 0 aliphatic heterocycles. The third-order valence-electron chi connectivity index (χ3n) is 5.58. The summed E-state index contributed by atoms with van der Waals surface area (Å²) in [6.07, 6.45) is 3.22. The summed E-state index contributed by atoms with van der Waals surface area (Å²) in [6, 6.07) is 7.61. The number of hydrogen-bond donors (Lipinski definition) is 0. The van der Waals surface area contributed by atoms with Crippen LogP contribution in [-0.4, -0.2) is 6.36 Å². The van der Waals surface area contributed by atoms with Crippen LogP contribution in [0.2, 0.25) is 0 Å². The van der Waals surface area contributed by atoms with Gasteiger partial charge in [-0.3, -0.25) is 0 Å². The lowest BCUT2D eigenvalue weighted by Crippen LogP contribution is -2.17. The molecule has 0 amide bonds. The van der Waals surface area contributed by atoms with Crippen molar-refractivity contribution in [1.82, 2.24) is 0 Å². The van der Waals surface area contributed by atoms with Gasteiger partial charge in [-0.15, -0.1) is 13.2 Å². The number of halogens is 6. The first-order valence-corrected chi connectivity index (χ1v) is 10.3. The smallest absolute Gasteiger partial charge is 0.403 e. The summed E-state index contributed by atoms with van der Waals surface area (Å²) >= 11 is 5.64. The molecule has 2 aromatic rings. The zero-order chi connectivity index (χ0) is 21.7. The highest BCUT2D eigenvalue weighted by atomic mass is 35.5. The van der Waals surface area contributed by atoms with Crippen LogP contribution < -0.4 is 4.74 Å². The molecule has 0 saturated heterocycles. The van der Waals surface area contributed by atoms with E-state index >= 15 is 0 Å².